The molecule has 1 aliphatic heterocycles. The molecule has 0 unspecified atom stereocenters. The Kier molecular flexibility index (Phi) is 7.67. The van der Waals surface area contributed by atoms with Gasteiger partial charge in [0.15, 0.2) is 5.76 Å². The van der Waals surface area contributed by atoms with Crippen molar-refractivity contribution in [1.82, 2.24) is 9.80 Å². The van der Waals surface area contributed by atoms with Crippen LogP contribution in [0.15, 0.2) is 58.5 Å². The minimum Gasteiger partial charge on any atom is -0.491 e. The molecule has 0 bridgehead atoms. The first-order valence-electron chi connectivity index (χ1n) is 11.5. The lowest BCUT2D eigenvalue weighted by molar-refractivity contribution is -0.135. The highest BCUT2D eigenvalue weighted by atomic mass is 32.1. The van der Waals surface area contributed by atoms with Gasteiger partial charge < -0.3 is 19.0 Å². The molecule has 0 spiro atoms. The van der Waals surface area contributed by atoms with E-state index in [4.69, 9.17) is 9.15 Å². The summed E-state index contributed by atoms with van der Waals surface area (Å²) in [6.45, 7) is 5.28. The molecule has 0 fully saturated rings. The van der Waals surface area contributed by atoms with Gasteiger partial charge in [0.1, 0.15) is 24.7 Å². The molecule has 1 aliphatic rings. The molecular weight excluding hydrogens is 455 g/mol. The molecule has 8 heteroatoms. The van der Waals surface area contributed by atoms with E-state index in [9.17, 15) is 14.0 Å². The number of furan rings is 1. The third-order valence-electron chi connectivity index (χ3n) is 6.19. The first-order valence-corrected chi connectivity index (χ1v) is 12.4. The molecule has 0 saturated heterocycles. The zero-order valence-corrected chi connectivity index (χ0v) is 20.2. The first-order chi connectivity index (χ1) is 16.5. The summed E-state index contributed by atoms with van der Waals surface area (Å²) in [6.07, 6.45) is 3.11. The smallest absolute Gasteiger partial charge is 0.290 e. The van der Waals surface area contributed by atoms with Crippen LogP contribution in [-0.2, 0) is 11.2 Å². The van der Waals surface area contributed by atoms with Gasteiger partial charge >= 0.3 is 0 Å². The molecule has 4 rings (SSSR count). The van der Waals surface area contributed by atoms with Crippen molar-refractivity contribution >= 4 is 23.2 Å². The number of benzene rings is 1. The van der Waals surface area contributed by atoms with Crippen LogP contribution in [0.3, 0.4) is 0 Å². The Morgan fingerprint density at radius 2 is 2.15 bits per heavy atom. The summed E-state index contributed by atoms with van der Waals surface area (Å²) in [5.74, 6) is 0.0698. The molecule has 2 amide bonds. The van der Waals surface area contributed by atoms with Gasteiger partial charge in [0, 0.05) is 24.0 Å². The number of carbonyl (C=O) groups is 2. The molecular formula is C26H29FN2O4S. The van der Waals surface area contributed by atoms with Gasteiger partial charge in [-0.05, 0) is 53.6 Å². The van der Waals surface area contributed by atoms with Crippen LogP contribution >= 0.6 is 11.3 Å². The zero-order valence-electron chi connectivity index (χ0n) is 19.4. The number of carbonyl (C=O) groups excluding carboxylic acids is 2. The summed E-state index contributed by atoms with van der Waals surface area (Å²) in [4.78, 5) is 31.2. The van der Waals surface area contributed by atoms with Crippen LogP contribution in [0.1, 0.15) is 47.3 Å². The molecule has 2 aromatic heterocycles. The number of hydrogen-bond acceptors (Lipinski definition) is 5. The molecule has 2 atom stereocenters. The van der Waals surface area contributed by atoms with E-state index in [-0.39, 0.29) is 48.5 Å². The van der Waals surface area contributed by atoms with Gasteiger partial charge in [-0.1, -0.05) is 26.3 Å². The molecule has 34 heavy (non-hydrogen) atoms. The molecule has 0 aliphatic carbocycles. The fourth-order valence-electron chi connectivity index (χ4n) is 4.14. The number of rotatable bonds is 9. The highest BCUT2D eigenvalue weighted by Gasteiger charge is 2.34. The average Bonchev–Trinajstić information content (AvgIpc) is 3.53. The summed E-state index contributed by atoms with van der Waals surface area (Å²) in [5.41, 5.74) is 1.05. The normalized spacial score (nSPS) is 16.1. The van der Waals surface area contributed by atoms with Crippen LogP contribution < -0.4 is 4.74 Å². The van der Waals surface area contributed by atoms with E-state index < -0.39 is 0 Å². The second-order valence-electron chi connectivity index (χ2n) is 8.60. The van der Waals surface area contributed by atoms with E-state index in [1.54, 1.807) is 45.4 Å². The fraction of sp³-hybridized carbons (Fsp3) is 0.385. The SMILES string of the molecule is CC[C@H](C)CN(CC(=O)N1CCc2sccc2[C@@H]1COc1cccc(F)c1)C(=O)c1ccco1. The van der Waals surface area contributed by atoms with Gasteiger partial charge in [-0.3, -0.25) is 9.59 Å². The Balaban J connectivity index is 1.53. The van der Waals surface area contributed by atoms with Crippen molar-refractivity contribution in [2.75, 3.05) is 26.2 Å². The quantitative estimate of drug-likeness (QED) is 0.420. The number of amides is 2. The van der Waals surface area contributed by atoms with E-state index in [0.717, 1.165) is 18.4 Å². The van der Waals surface area contributed by atoms with Gasteiger partial charge in [0.25, 0.3) is 5.91 Å². The van der Waals surface area contributed by atoms with E-state index in [1.807, 2.05) is 11.4 Å². The molecule has 0 radical (unpaired) electrons. The maximum atomic E-state index is 13.6. The molecule has 1 aromatic carbocycles. The highest BCUT2D eigenvalue weighted by molar-refractivity contribution is 7.10. The van der Waals surface area contributed by atoms with Crippen molar-refractivity contribution in [3.63, 3.8) is 0 Å². The summed E-state index contributed by atoms with van der Waals surface area (Å²) in [6, 6.07) is 11.0. The Hall–Kier alpha value is -3.13. The van der Waals surface area contributed by atoms with E-state index in [0.29, 0.717) is 18.8 Å². The largest absolute Gasteiger partial charge is 0.491 e. The maximum Gasteiger partial charge on any atom is 0.290 e. The maximum absolute atomic E-state index is 13.6. The summed E-state index contributed by atoms with van der Waals surface area (Å²) < 4.78 is 24.8. The Morgan fingerprint density at radius 1 is 1.29 bits per heavy atom. The molecule has 0 N–H and O–H groups in total. The third-order valence-corrected chi connectivity index (χ3v) is 7.19. The lowest BCUT2D eigenvalue weighted by atomic mass is 10.00. The molecule has 6 nitrogen and oxygen atoms in total. The number of halogens is 1. The lowest BCUT2D eigenvalue weighted by Gasteiger charge is -2.37. The van der Waals surface area contributed by atoms with Gasteiger partial charge in [-0.2, -0.15) is 0 Å². The van der Waals surface area contributed by atoms with Gasteiger partial charge in [0.05, 0.1) is 12.3 Å². The number of thiophene rings is 1. The third kappa shape index (κ3) is 5.50. The van der Waals surface area contributed by atoms with Crippen LogP contribution in [-0.4, -0.2) is 47.9 Å². The topological polar surface area (TPSA) is 63.0 Å². The number of ether oxygens (including phenoxy) is 1. The van der Waals surface area contributed by atoms with Crippen LogP contribution in [0.5, 0.6) is 5.75 Å². The molecule has 180 valence electrons. The highest BCUT2D eigenvalue weighted by Crippen LogP contribution is 2.34. The summed E-state index contributed by atoms with van der Waals surface area (Å²) in [5, 5.41) is 2.02. The Labute approximate surface area is 202 Å². The van der Waals surface area contributed by atoms with Gasteiger partial charge in [-0.25, -0.2) is 4.39 Å². The van der Waals surface area contributed by atoms with E-state index in [2.05, 4.69) is 13.8 Å². The van der Waals surface area contributed by atoms with Crippen molar-refractivity contribution < 1.29 is 23.1 Å². The second kappa shape index (κ2) is 10.9. The van der Waals surface area contributed by atoms with Crippen molar-refractivity contribution in [1.29, 1.82) is 0 Å². The standard InChI is InChI=1S/C26H29FN2O4S/c1-3-18(2)15-28(26(31)23-8-5-12-32-23)16-25(30)29-11-9-24-21(10-13-34-24)22(29)17-33-20-7-4-6-19(27)14-20/h4-8,10,12-14,18,22H,3,9,11,15-17H2,1-2H3/t18-,22-/m0/s1. The van der Waals surface area contributed by atoms with Crippen LogP contribution in [0.25, 0.3) is 0 Å². The van der Waals surface area contributed by atoms with Crippen molar-refractivity contribution in [2.45, 2.75) is 32.7 Å². The van der Waals surface area contributed by atoms with Crippen LogP contribution in [0.4, 0.5) is 4.39 Å². The number of nitrogens with zero attached hydrogens (tertiary/aromatic N) is 2. The van der Waals surface area contributed by atoms with Crippen LogP contribution in [0.2, 0.25) is 0 Å². The van der Waals surface area contributed by atoms with Crippen LogP contribution in [0, 0.1) is 11.7 Å². The monoisotopic (exact) mass is 484 g/mol. The average molecular weight is 485 g/mol. The lowest BCUT2D eigenvalue weighted by Crippen LogP contribution is -2.48. The minimum atomic E-state index is -0.373. The minimum absolute atomic E-state index is 0.0419. The summed E-state index contributed by atoms with van der Waals surface area (Å²) in [7, 11) is 0. The zero-order chi connectivity index (χ0) is 24.1. The van der Waals surface area contributed by atoms with E-state index >= 15 is 0 Å². The van der Waals surface area contributed by atoms with Gasteiger partial charge in [-0.15, -0.1) is 11.3 Å². The van der Waals surface area contributed by atoms with Crippen molar-refractivity contribution in [2.24, 2.45) is 5.92 Å². The first kappa shape index (κ1) is 24.0. The number of hydrogen-bond donors (Lipinski definition) is 0. The Bertz CT molecular complexity index is 1110. The molecule has 3 heterocycles. The Morgan fingerprint density at radius 3 is 2.88 bits per heavy atom. The van der Waals surface area contributed by atoms with Crippen molar-refractivity contribution in [3.8, 4) is 5.75 Å². The fourth-order valence-corrected chi connectivity index (χ4v) is 5.07. The predicted molar refractivity (Wildman–Crippen MR) is 128 cm³/mol. The second-order valence-corrected chi connectivity index (χ2v) is 9.60. The molecule has 3 aromatic rings. The molecule has 0 saturated carbocycles. The van der Waals surface area contributed by atoms with Crippen molar-refractivity contribution in [3.05, 3.63) is 76.1 Å². The van der Waals surface area contributed by atoms with Gasteiger partial charge in [0.2, 0.25) is 5.91 Å². The summed E-state index contributed by atoms with van der Waals surface area (Å²) >= 11 is 1.66. The number of fused-ring (bicyclic) bond motifs is 1. The predicted octanol–water partition coefficient (Wildman–Crippen LogP) is 5.17. The van der Waals surface area contributed by atoms with E-state index in [1.165, 1.54) is 23.3 Å².